The zero-order chi connectivity index (χ0) is 22.9. The van der Waals surface area contributed by atoms with E-state index in [0.717, 1.165) is 63.8 Å². The van der Waals surface area contributed by atoms with Gasteiger partial charge in [0.2, 0.25) is 0 Å². The number of hydrogen-bond donors (Lipinski definition) is 0. The molecular weight excluding hydrogens is 406 g/mol. The lowest BCUT2D eigenvalue weighted by Gasteiger charge is -2.39. The average Bonchev–Trinajstić information content (AvgIpc) is 3.19. The lowest BCUT2D eigenvalue weighted by atomic mass is 9.82. The summed E-state index contributed by atoms with van der Waals surface area (Å²) >= 11 is 0. The normalized spacial score (nSPS) is 25.5. The van der Waals surface area contributed by atoms with E-state index in [1.54, 1.807) is 0 Å². The van der Waals surface area contributed by atoms with Gasteiger partial charge in [0.25, 0.3) is 5.91 Å². The fourth-order valence-electron chi connectivity index (χ4n) is 5.61. The lowest BCUT2D eigenvalue weighted by molar-refractivity contribution is 0.0615. The number of unbranched alkanes of at least 4 members (excludes halogenated alkanes) is 1. The van der Waals surface area contributed by atoms with E-state index in [0.29, 0.717) is 37.5 Å². The molecular formula is C27H42F2N2O. The number of rotatable bonds is 12. The van der Waals surface area contributed by atoms with E-state index in [9.17, 15) is 13.6 Å². The molecule has 0 radical (unpaired) electrons. The Bertz CT molecular complexity index is 685. The maximum atomic E-state index is 13.8. The summed E-state index contributed by atoms with van der Waals surface area (Å²) in [4.78, 5) is 17.9. The number of likely N-dealkylation sites (tertiary alicyclic amines) is 2. The lowest BCUT2D eigenvalue weighted by Crippen LogP contribution is -2.48. The molecule has 0 aliphatic carbocycles. The second kappa shape index (κ2) is 12.7. The Morgan fingerprint density at radius 3 is 2.38 bits per heavy atom. The number of carbonyl (C=O) groups is 1. The number of amides is 1. The van der Waals surface area contributed by atoms with Gasteiger partial charge < -0.3 is 9.80 Å². The molecule has 2 saturated heterocycles. The summed E-state index contributed by atoms with van der Waals surface area (Å²) < 4.78 is 27.3. The van der Waals surface area contributed by atoms with Gasteiger partial charge in [-0.15, -0.1) is 0 Å². The van der Waals surface area contributed by atoms with Crippen LogP contribution in [0.5, 0.6) is 0 Å². The number of alkyl halides is 2. The Hall–Kier alpha value is -1.49. The van der Waals surface area contributed by atoms with Gasteiger partial charge in [0.1, 0.15) is 0 Å². The molecule has 1 aromatic carbocycles. The molecule has 0 N–H and O–H groups in total. The molecule has 1 aromatic rings. The van der Waals surface area contributed by atoms with Crippen molar-refractivity contribution in [2.45, 2.75) is 90.0 Å². The number of halogens is 2. The monoisotopic (exact) mass is 448 g/mol. The van der Waals surface area contributed by atoms with Crippen molar-refractivity contribution in [1.82, 2.24) is 9.80 Å². The van der Waals surface area contributed by atoms with E-state index in [1.807, 2.05) is 44.2 Å². The summed E-state index contributed by atoms with van der Waals surface area (Å²) in [6.45, 7) is 7.63. The number of fused-ring (bicyclic) bond motifs is 1. The zero-order valence-corrected chi connectivity index (χ0v) is 20.0. The highest BCUT2D eigenvalue weighted by atomic mass is 19.1. The minimum Gasteiger partial charge on any atom is -0.335 e. The molecule has 2 fully saturated rings. The van der Waals surface area contributed by atoms with Crippen LogP contribution >= 0.6 is 0 Å². The maximum absolute atomic E-state index is 13.8. The number of carbonyl (C=O) groups excluding carboxylic acids is 1. The van der Waals surface area contributed by atoms with Gasteiger partial charge in [-0.25, -0.2) is 8.78 Å². The van der Waals surface area contributed by atoms with E-state index in [2.05, 4.69) is 9.80 Å². The van der Waals surface area contributed by atoms with Crippen LogP contribution in [0.3, 0.4) is 0 Å². The van der Waals surface area contributed by atoms with Gasteiger partial charge in [0.15, 0.2) is 0 Å². The molecule has 3 rings (SSSR count). The fourth-order valence-corrected chi connectivity index (χ4v) is 5.61. The van der Waals surface area contributed by atoms with Gasteiger partial charge in [-0.3, -0.25) is 4.79 Å². The smallest absolute Gasteiger partial charge is 0.254 e. The Kier molecular flexibility index (Phi) is 9.95. The van der Waals surface area contributed by atoms with Crippen molar-refractivity contribution in [3.8, 4) is 0 Å². The Morgan fingerprint density at radius 1 is 1.00 bits per heavy atom. The quantitative estimate of drug-likeness (QED) is 0.351. The van der Waals surface area contributed by atoms with E-state index in [1.165, 1.54) is 0 Å². The molecule has 180 valence electrons. The van der Waals surface area contributed by atoms with Crippen molar-refractivity contribution < 1.29 is 13.6 Å². The highest BCUT2D eigenvalue weighted by Crippen LogP contribution is 2.39. The first kappa shape index (κ1) is 25.1. The molecule has 1 amide bonds. The molecule has 0 spiro atoms. The van der Waals surface area contributed by atoms with E-state index in [-0.39, 0.29) is 11.9 Å². The van der Waals surface area contributed by atoms with Gasteiger partial charge in [-0.2, -0.15) is 0 Å². The van der Waals surface area contributed by atoms with Gasteiger partial charge in [0, 0.05) is 31.2 Å². The van der Waals surface area contributed by atoms with Crippen molar-refractivity contribution >= 4 is 5.91 Å². The predicted molar refractivity (Wildman–Crippen MR) is 127 cm³/mol. The number of hydrogen-bond acceptors (Lipinski definition) is 2. The molecule has 5 atom stereocenters. The van der Waals surface area contributed by atoms with Crippen molar-refractivity contribution in [3.63, 3.8) is 0 Å². The first-order chi connectivity index (χ1) is 15.5. The summed E-state index contributed by atoms with van der Waals surface area (Å²) in [5.41, 5.74) is 0.765. The van der Waals surface area contributed by atoms with E-state index in [4.69, 9.17) is 0 Å². The summed E-state index contributed by atoms with van der Waals surface area (Å²) in [5.74, 6) is 1.04. The second-order valence-electron chi connectivity index (χ2n) is 9.84. The first-order valence-electron chi connectivity index (χ1n) is 12.9. The fraction of sp³-hybridized carbons (Fsp3) is 0.741. The summed E-state index contributed by atoms with van der Waals surface area (Å²) in [6.07, 6.45) is 5.98. The van der Waals surface area contributed by atoms with Crippen LogP contribution in [0, 0.1) is 11.8 Å². The van der Waals surface area contributed by atoms with E-state index < -0.39 is 12.3 Å². The van der Waals surface area contributed by atoms with Crippen molar-refractivity contribution in [2.24, 2.45) is 11.8 Å². The molecule has 0 bridgehead atoms. The molecule has 0 saturated carbocycles. The average molecular weight is 449 g/mol. The largest absolute Gasteiger partial charge is 0.335 e. The summed E-state index contributed by atoms with van der Waals surface area (Å²) in [7, 11) is 0. The van der Waals surface area contributed by atoms with Gasteiger partial charge in [-0.05, 0) is 81.9 Å². The standard InChI is InChI=1S/C27H42F2N2O/c1-3-23(28)14-8-9-17-30-18-16-26-25(20-30)22(13-10-15-24(29)4-2)19-31(26)27(32)21-11-6-5-7-12-21/h5-7,11-12,22-26H,3-4,8-10,13-20H2,1-2H3/t22-,23?,24?,25+,26+/m0/s1. The third-order valence-corrected chi connectivity index (χ3v) is 7.64. The van der Waals surface area contributed by atoms with E-state index >= 15 is 0 Å². The number of piperidine rings is 1. The number of nitrogens with zero attached hydrogens (tertiary/aromatic N) is 2. The Morgan fingerprint density at radius 2 is 1.69 bits per heavy atom. The van der Waals surface area contributed by atoms with Crippen LogP contribution in [0.2, 0.25) is 0 Å². The Labute approximate surface area is 193 Å². The highest BCUT2D eigenvalue weighted by molar-refractivity contribution is 5.94. The van der Waals surface area contributed by atoms with Crippen LogP contribution in [0.25, 0.3) is 0 Å². The molecule has 2 aliphatic rings. The van der Waals surface area contributed by atoms with Crippen LogP contribution in [0.1, 0.15) is 82.0 Å². The van der Waals surface area contributed by atoms with Crippen molar-refractivity contribution in [1.29, 1.82) is 0 Å². The number of benzene rings is 1. The molecule has 3 nitrogen and oxygen atoms in total. The first-order valence-corrected chi connectivity index (χ1v) is 12.9. The predicted octanol–water partition coefficient (Wildman–Crippen LogP) is 6.29. The maximum Gasteiger partial charge on any atom is 0.254 e. The third kappa shape index (κ3) is 6.76. The van der Waals surface area contributed by atoms with Crippen molar-refractivity contribution in [2.75, 3.05) is 26.2 Å². The minimum atomic E-state index is -0.709. The molecule has 0 aromatic heterocycles. The third-order valence-electron chi connectivity index (χ3n) is 7.64. The molecule has 2 unspecified atom stereocenters. The second-order valence-corrected chi connectivity index (χ2v) is 9.84. The molecule has 5 heteroatoms. The summed E-state index contributed by atoms with van der Waals surface area (Å²) in [6, 6.07) is 9.89. The minimum absolute atomic E-state index is 0.141. The van der Waals surface area contributed by atoms with Gasteiger partial charge in [0.05, 0.1) is 12.3 Å². The van der Waals surface area contributed by atoms with Crippen LogP contribution < -0.4 is 0 Å². The van der Waals surface area contributed by atoms with Crippen LogP contribution in [-0.4, -0.2) is 60.3 Å². The zero-order valence-electron chi connectivity index (χ0n) is 20.0. The van der Waals surface area contributed by atoms with Gasteiger partial charge in [-0.1, -0.05) is 38.5 Å². The van der Waals surface area contributed by atoms with Crippen LogP contribution in [0.15, 0.2) is 30.3 Å². The Balaban J connectivity index is 1.60. The summed E-state index contributed by atoms with van der Waals surface area (Å²) in [5, 5.41) is 0. The van der Waals surface area contributed by atoms with Crippen molar-refractivity contribution in [3.05, 3.63) is 35.9 Å². The highest BCUT2D eigenvalue weighted by Gasteiger charge is 2.46. The van der Waals surface area contributed by atoms with Gasteiger partial charge >= 0.3 is 0 Å². The van der Waals surface area contributed by atoms with Crippen LogP contribution in [0.4, 0.5) is 8.78 Å². The SMILES string of the molecule is CCC(F)CCCCN1CC[C@@H]2[C@H](C1)[C@@H](CCCC(F)CC)CN2C(=O)c1ccccc1. The molecule has 2 heterocycles. The van der Waals surface area contributed by atoms with Crippen LogP contribution in [-0.2, 0) is 0 Å². The molecule has 2 aliphatic heterocycles. The topological polar surface area (TPSA) is 23.6 Å². The molecule has 32 heavy (non-hydrogen) atoms.